The van der Waals surface area contributed by atoms with Crippen LogP contribution in [0.1, 0.15) is 23.0 Å². The normalized spacial score (nSPS) is 10.2. The summed E-state index contributed by atoms with van der Waals surface area (Å²) in [6, 6.07) is 15.4. The number of nitrogens with zero attached hydrogens (tertiary/aromatic N) is 2. The number of carboxylic acids is 1. The number of amides is 1. The molecule has 1 aromatic heterocycles. The smallest absolute Gasteiger partial charge is 0.335 e. The van der Waals surface area contributed by atoms with Crippen LogP contribution in [0, 0.1) is 6.92 Å². The first-order chi connectivity index (χ1) is 13.4. The summed E-state index contributed by atoms with van der Waals surface area (Å²) in [6.07, 6.45) is 0. The molecule has 0 atom stereocenters. The number of carboxylic acid groups (broad SMARTS) is 1. The van der Waals surface area contributed by atoms with Crippen LogP contribution >= 0.6 is 0 Å². The number of hydrogen-bond acceptors (Lipinski definition) is 6. The lowest BCUT2D eigenvalue weighted by Gasteiger charge is -2.11. The molecule has 8 heteroatoms. The van der Waals surface area contributed by atoms with Crippen LogP contribution in [-0.2, 0) is 4.79 Å². The van der Waals surface area contributed by atoms with Crippen molar-refractivity contribution in [1.29, 1.82) is 0 Å². The number of aryl methyl sites for hydroxylation is 1. The minimum absolute atomic E-state index is 0.149. The average molecular weight is 377 g/mol. The van der Waals surface area contributed by atoms with Gasteiger partial charge in [0.2, 0.25) is 11.9 Å². The second-order valence-corrected chi connectivity index (χ2v) is 6.11. The molecule has 3 aromatic rings. The quantitative estimate of drug-likeness (QED) is 0.514. The number of rotatable bonds is 6. The van der Waals surface area contributed by atoms with Crippen LogP contribution in [0.15, 0.2) is 54.6 Å². The van der Waals surface area contributed by atoms with Gasteiger partial charge in [0.25, 0.3) is 0 Å². The second-order valence-electron chi connectivity index (χ2n) is 6.11. The zero-order chi connectivity index (χ0) is 20.1. The number of aromatic nitrogens is 2. The molecule has 0 aliphatic heterocycles. The van der Waals surface area contributed by atoms with E-state index in [-0.39, 0.29) is 11.5 Å². The number of hydrogen-bond donors (Lipinski definition) is 4. The second kappa shape index (κ2) is 8.17. The molecule has 0 saturated carbocycles. The van der Waals surface area contributed by atoms with E-state index in [4.69, 9.17) is 5.11 Å². The van der Waals surface area contributed by atoms with Crippen molar-refractivity contribution in [2.75, 3.05) is 16.0 Å². The van der Waals surface area contributed by atoms with Crippen LogP contribution in [0.3, 0.4) is 0 Å². The van der Waals surface area contributed by atoms with Crippen molar-refractivity contribution < 1.29 is 14.7 Å². The summed E-state index contributed by atoms with van der Waals surface area (Å²) in [6.45, 7) is 3.30. The van der Waals surface area contributed by atoms with Gasteiger partial charge in [-0.05, 0) is 49.4 Å². The Bertz CT molecular complexity index is 1020. The third kappa shape index (κ3) is 5.04. The minimum Gasteiger partial charge on any atom is -0.478 e. The highest BCUT2D eigenvalue weighted by Gasteiger charge is 2.06. The van der Waals surface area contributed by atoms with E-state index in [1.165, 1.54) is 19.1 Å². The van der Waals surface area contributed by atoms with Crippen LogP contribution in [0.2, 0.25) is 0 Å². The van der Waals surface area contributed by atoms with Crippen LogP contribution < -0.4 is 16.0 Å². The molecule has 1 heterocycles. The van der Waals surface area contributed by atoms with Gasteiger partial charge in [-0.25, -0.2) is 9.78 Å². The molecule has 0 aliphatic carbocycles. The molecule has 0 spiro atoms. The van der Waals surface area contributed by atoms with Crippen LogP contribution in [0.25, 0.3) is 0 Å². The fourth-order valence-corrected chi connectivity index (χ4v) is 2.54. The highest BCUT2D eigenvalue weighted by Crippen LogP contribution is 2.21. The predicted molar refractivity (Wildman–Crippen MR) is 107 cm³/mol. The summed E-state index contributed by atoms with van der Waals surface area (Å²) < 4.78 is 0. The molecule has 8 nitrogen and oxygen atoms in total. The van der Waals surface area contributed by atoms with Gasteiger partial charge in [-0.1, -0.05) is 6.07 Å². The highest BCUT2D eigenvalue weighted by molar-refractivity contribution is 5.89. The molecule has 1 amide bonds. The van der Waals surface area contributed by atoms with Crippen molar-refractivity contribution in [1.82, 2.24) is 9.97 Å². The fourth-order valence-electron chi connectivity index (χ4n) is 2.54. The molecule has 0 radical (unpaired) electrons. The monoisotopic (exact) mass is 377 g/mol. The fraction of sp³-hybridized carbons (Fsp3) is 0.100. The molecular formula is C20H19N5O3. The average Bonchev–Trinajstić information content (AvgIpc) is 2.61. The number of carbonyl (C=O) groups is 2. The lowest BCUT2D eigenvalue weighted by atomic mass is 10.2. The van der Waals surface area contributed by atoms with Gasteiger partial charge in [-0.15, -0.1) is 0 Å². The van der Waals surface area contributed by atoms with Crippen molar-refractivity contribution >= 4 is 40.7 Å². The van der Waals surface area contributed by atoms with E-state index in [1.54, 1.807) is 30.3 Å². The van der Waals surface area contributed by atoms with Crippen molar-refractivity contribution in [2.24, 2.45) is 0 Å². The van der Waals surface area contributed by atoms with Gasteiger partial charge in [0, 0.05) is 35.7 Å². The van der Waals surface area contributed by atoms with Crippen LogP contribution in [0.4, 0.5) is 28.8 Å². The van der Waals surface area contributed by atoms with Crippen molar-refractivity contribution in [2.45, 2.75) is 13.8 Å². The Labute approximate surface area is 161 Å². The van der Waals surface area contributed by atoms with E-state index in [2.05, 4.69) is 25.9 Å². The summed E-state index contributed by atoms with van der Waals surface area (Å²) >= 11 is 0. The predicted octanol–water partition coefficient (Wildman–Crippen LogP) is 3.93. The van der Waals surface area contributed by atoms with Gasteiger partial charge in [-0.3, -0.25) is 4.79 Å². The molecule has 4 N–H and O–H groups in total. The molecular weight excluding hydrogens is 358 g/mol. The topological polar surface area (TPSA) is 116 Å². The SMILES string of the molecule is CC(=O)Nc1cccc(Nc2nc(C)cc(Nc3ccc(C(=O)O)cc3)n2)c1. The number of benzene rings is 2. The Morgan fingerprint density at radius 1 is 0.893 bits per heavy atom. The molecule has 28 heavy (non-hydrogen) atoms. The summed E-state index contributed by atoms with van der Waals surface area (Å²) in [5.74, 6) is -0.164. The van der Waals surface area contributed by atoms with Gasteiger partial charge in [0.1, 0.15) is 5.82 Å². The third-order valence-corrected chi connectivity index (χ3v) is 3.70. The van der Waals surface area contributed by atoms with Crippen molar-refractivity contribution in [3.63, 3.8) is 0 Å². The zero-order valence-electron chi connectivity index (χ0n) is 15.4. The van der Waals surface area contributed by atoms with E-state index in [9.17, 15) is 9.59 Å². The molecule has 0 fully saturated rings. The zero-order valence-corrected chi connectivity index (χ0v) is 15.4. The van der Waals surface area contributed by atoms with Gasteiger partial charge >= 0.3 is 5.97 Å². The lowest BCUT2D eigenvalue weighted by Crippen LogP contribution is -2.06. The first-order valence-electron chi connectivity index (χ1n) is 8.50. The summed E-state index contributed by atoms with van der Waals surface area (Å²) in [5.41, 5.74) is 3.07. The Morgan fingerprint density at radius 2 is 1.61 bits per heavy atom. The number of aromatic carboxylic acids is 1. The van der Waals surface area contributed by atoms with E-state index >= 15 is 0 Å². The maximum atomic E-state index is 11.2. The number of anilines is 5. The largest absolute Gasteiger partial charge is 0.478 e. The minimum atomic E-state index is -0.975. The van der Waals surface area contributed by atoms with Gasteiger partial charge in [0.15, 0.2) is 0 Å². The molecule has 3 rings (SSSR count). The molecule has 0 saturated heterocycles. The maximum Gasteiger partial charge on any atom is 0.335 e. The maximum absolute atomic E-state index is 11.2. The first kappa shape index (κ1) is 18.8. The first-order valence-corrected chi connectivity index (χ1v) is 8.50. The van der Waals surface area contributed by atoms with Gasteiger partial charge in [-0.2, -0.15) is 4.98 Å². The summed E-state index contributed by atoms with van der Waals surface area (Å²) in [5, 5.41) is 17.9. The van der Waals surface area contributed by atoms with E-state index in [0.29, 0.717) is 23.1 Å². The Balaban J connectivity index is 1.78. The van der Waals surface area contributed by atoms with E-state index < -0.39 is 5.97 Å². The molecule has 0 bridgehead atoms. The number of carbonyl (C=O) groups excluding carboxylic acids is 1. The lowest BCUT2D eigenvalue weighted by molar-refractivity contribution is -0.114. The van der Waals surface area contributed by atoms with Crippen molar-refractivity contribution in [3.8, 4) is 0 Å². The molecule has 0 aliphatic rings. The van der Waals surface area contributed by atoms with Gasteiger partial charge < -0.3 is 21.1 Å². The van der Waals surface area contributed by atoms with E-state index in [0.717, 1.165) is 11.4 Å². The van der Waals surface area contributed by atoms with Gasteiger partial charge in [0.05, 0.1) is 5.56 Å². The summed E-state index contributed by atoms with van der Waals surface area (Å²) in [7, 11) is 0. The Hall–Kier alpha value is -3.94. The molecule has 0 unspecified atom stereocenters. The Kier molecular flexibility index (Phi) is 5.50. The van der Waals surface area contributed by atoms with Crippen molar-refractivity contribution in [3.05, 3.63) is 65.9 Å². The van der Waals surface area contributed by atoms with E-state index in [1.807, 2.05) is 19.1 Å². The standard InChI is InChI=1S/C20H19N5O3/c1-12-10-18(23-15-8-6-14(7-9-15)19(27)28)25-20(21-12)24-17-5-3-4-16(11-17)22-13(2)26/h3-11H,1-2H3,(H,22,26)(H,27,28)(H2,21,23,24,25). The Morgan fingerprint density at radius 3 is 2.29 bits per heavy atom. The highest BCUT2D eigenvalue weighted by atomic mass is 16.4. The summed E-state index contributed by atoms with van der Waals surface area (Å²) in [4.78, 5) is 31.0. The molecule has 142 valence electrons. The van der Waals surface area contributed by atoms with Crippen LogP contribution in [0.5, 0.6) is 0 Å². The molecule has 2 aromatic carbocycles. The van der Waals surface area contributed by atoms with Crippen LogP contribution in [-0.4, -0.2) is 27.0 Å². The third-order valence-electron chi connectivity index (χ3n) is 3.70. The number of nitrogens with one attached hydrogen (secondary N) is 3.